The van der Waals surface area contributed by atoms with Crippen LogP contribution >= 0.6 is 0 Å². The highest BCUT2D eigenvalue weighted by molar-refractivity contribution is 5.94. The molecule has 0 spiro atoms. The summed E-state index contributed by atoms with van der Waals surface area (Å²) in [5.74, 6) is 0.0626. The number of nitrogens with zero attached hydrogens (tertiary/aromatic N) is 6. The van der Waals surface area contributed by atoms with Gasteiger partial charge in [-0.1, -0.05) is 36.4 Å². The van der Waals surface area contributed by atoms with Crippen LogP contribution in [0.1, 0.15) is 15.9 Å². The number of hydrogen-bond donors (Lipinski definition) is 0. The number of tetrazole rings is 1. The largest absolute Gasteiger partial charge is 0.336 e. The molecule has 138 valence electrons. The van der Waals surface area contributed by atoms with E-state index in [4.69, 9.17) is 0 Å². The van der Waals surface area contributed by atoms with Gasteiger partial charge in [0, 0.05) is 38.3 Å². The van der Waals surface area contributed by atoms with E-state index in [1.54, 1.807) is 4.68 Å². The van der Waals surface area contributed by atoms with Crippen LogP contribution in [0.15, 0.2) is 60.9 Å². The Morgan fingerprint density at radius 2 is 1.78 bits per heavy atom. The topological polar surface area (TPSA) is 67.2 Å². The van der Waals surface area contributed by atoms with Gasteiger partial charge in [0.25, 0.3) is 5.91 Å². The van der Waals surface area contributed by atoms with E-state index in [9.17, 15) is 4.79 Å². The van der Waals surface area contributed by atoms with Gasteiger partial charge in [0.15, 0.2) is 0 Å². The zero-order valence-electron chi connectivity index (χ0n) is 15.1. The van der Waals surface area contributed by atoms with Crippen LogP contribution in [0.5, 0.6) is 0 Å². The summed E-state index contributed by atoms with van der Waals surface area (Å²) >= 11 is 0. The summed E-state index contributed by atoms with van der Waals surface area (Å²) in [5, 5.41) is 11.2. The van der Waals surface area contributed by atoms with Crippen molar-refractivity contribution in [1.82, 2.24) is 30.0 Å². The van der Waals surface area contributed by atoms with Crippen LogP contribution in [-0.2, 0) is 6.42 Å². The Bertz CT molecular complexity index is 873. The minimum Gasteiger partial charge on any atom is -0.336 e. The number of amides is 1. The fourth-order valence-electron chi connectivity index (χ4n) is 3.35. The van der Waals surface area contributed by atoms with Gasteiger partial charge in [-0.2, -0.15) is 0 Å². The maximum Gasteiger partial charge on any atom is 0.254 e. The van der Waals surface area contributed by atoms with Crippen molar-refractivity contribution in [3.8, 4) is 5.69 Å². The summed E-state index contributed by atoms with van der Waals surface area (Å²) in [7, 11) is 0. The average Bonchev–Trinajstić information content (AvgIpc) is 3.28. The quantitative estimate of drug-likeness (QED) is 0.691. The molecule has 1 aromatic heterocycles. The second kappa shape index (κ2) is 8.09. The molecule has 27 heavy (non-hydrogen) atoms. The standard InChI is InChI=1S/C20H22N6O/c27-20(18-7-4-8-19(15-18)26-16-21-22-23-26)25-13-11-24(12-14-25)10-9-17-5-2-1-3-6-17/h1-8,15-16H,9-14H2. The first-order valence-corrected chi connectivity index (χ1v) is 9.18. The van der Waals surface area contributed by atoms with Crippen LogP contribution in [0.4, 0.5) is 0 Å². The van der Waals surface area contributed by atoms with Crippen molar-refractivity contribution in [1.29, 1.82) is 0 Å². The fourth-order valence-corrected chi connectivity index (χ4v) is 3.35. The van der Waals surface area contributed by atoms with Crippen LogP contribution in [-0.4, -0.2) is 68.6 Å². The highest BCUT2D eigenvalue weighted by atomic mass is 16.2. The van der Waals surface area contributed by atoms with Gasteiger partial charge in [0.2, 0.25) is 0 Å². The van der Waals surface area contributed by atoms with Gasteiger partial charge in [-0.05, 0) is 40.6 Å². The van der Waals surface area contributed by atoms with E-state index in [1.165, 1.54) is 11.9 Å². The van der Waals surface area contributed by atoms with Crippen molar-refractivity contribution in [2.24, 2.45) is 0 Å². The number of carbonyl (C=O) groups is 1. The molecule has 7 heteroatoms. The number of benzene rings is 2. The summed E-state index contributed by atoms with van der Waals surface area (Å²) in [4.78, 5) is 17.2. The lowest BCUT2D eigenvalue weighted by molar-refractivity contribution is 0.0638. The average molecular weight is 362 g/mol. The zero-order valence-corrected chi connectivity index (χ0v) is 15.1. The third-order valence-corrected chi connectivity index (χ3v) is 4.93. The Hall–Kier alpha value is -3.06. The van der Waals surface area contributed by atoms with Gasteiger partial charge < -0.3 is 4.90 Å². The Labute approximate surface area is 158 Å². The van der Waals surface area contributed by atoms with Gasteiger partial charge in [0.1, 0.15) is 6.33 Å². The molecule has 0 N–H and O–H groups in total. The van der Waals surface area contributed by atoms with Gasteiger partial charge in [0.05, 0.1) is 5.69 Å². The SMILES string of the molecule is O=C(c1cccc(-n2cnnn2)c1)N1CCN(CCc2ccccc2)CC1. The molecule has 0 bridgehead atoms. The maximum atomic E-state index is 12.9. The third-order valence-electron chi connectivity index (χ3n) is 4.93. The molecular weight excluding hydrogens is 340 g/mol. The first kappa shape index (κ1) is 17.4. The second-order valence-electron chi connectivity index (χ2n) is 6.67. The molecule has 1 saturated heterocycles. The van der Waals surface area contributed by atoms with E-state index in [0.29, 0.717) is 5.56 Å². The Morgan fingerprint density at radius 1 is 0.963 bits per heavy atom. The molecule has 0 saturated carbocycles. The molecular formula is C20H22N6O. The van der Waals surface area contributed by atoms with Crippen LogP contribution in [0, 0.1) is 0 Å². The second-order valence-corrected chi connectivity index (χ2v) is 6.67. The van der Waals surface area contributed by atoms with Crippen molar-refractivity contribution in [2.75, 3.05) is 32.7 Å². The maximum absolute atomic E-state index is 12.9. The monoisotopic (exact) mass is 362 g/mol. The summed E-state index contributed by atoms with van der Waals surface area (Å²) in [6, 6.07) is 18.0. The van der Waals surface area contributed by atoms with Crippen molar-refractivity contribution in [3.63, 3.8) is 0 Å². The smallest absolute Gasteiger partial charge is 0.254 e. The summed E-state index contributed by atoms with van der Waals surface area (Å²) in [6.07, 6.45) is 2.57. The molecule has 0 aliphatic carbocycles. The van der Waals surface area contributed by atoms with Crippen LogP contribution in [0.3, 0.4) is 0 Å². The number of rotatable bonds is 5. The van der Waals surface area contributed by atoms with E-state index in [2.05, 4.69) is 44.7 Å². The number of piperazine rings is 1. The zero-order chi connectivity index (χ0) is 18.5. The van der Waals surface area contributed by atoms with Crippen molar-refractivity contribution in [3.05, 3.63) is 72.1 Å². The number of aromatic nitrogens is 4. The predicted molar refractivity (Wildman–Crippen MR) is 102 cm³/mol. The van der Waals surface area contributed by atoms with E-state index < -0.39 is 0 Å². The van der Waals surface area contributed by atoms with Gasteiger partial charge in [-0.3, -0.25) is 9.69 Å². The van der Waals surface area contributed by atoms with Crippen molar-refractivity contribution in [2.45, 2.75) is 6.42 Å². The summed E-state index contributed by atoms with van der Waals surface area (Å²) in [5.41, 5.74) is 2.81. The summed E-state index contributed by atoms with van der Waals surface area (Å²) in [6.45, 7) is 4.35. The van der Waals surface area contributed by atoms with E-state index >= 15 is 0 Å². The first-order chi connectivity index (χ1) is 13.3. The number of hydrogen-bond acceptors (Lipinski definition) is 5. The Kier molecular flexibility index (Phi) is 5.20. The third kappa shape index (κ3) is 4.20. The molecule has 2 aromatic carbocycles. The molecule has 1 aliphatic heterocycles. The molecule has 3 aromatic rings. The van der Waals surface area contributed by atoms with E-state index in [-0.39, 0.29) is 5.91 Å². The Balaban J connectivity index is 1.33. The van der Waals surface area contributed by atoms with Crippen LogP contribution in [0.25, 0.3) is 5.69 Å². The van der Waals surface area contributed by atoms with Crippen molar-refractivity contribution < 1.29 is 4.79 Å². The Morgan fingerprint density at radius 3 is 2.52 bits per heavy atom. The highest BCUT2D eigenvalue weighted by Crippen LogP contribution is 2.13. The fraction of sp³-hybridized carbons (Fsp3) is 0.300. The van der Waals surface area contributed by atoms with E-state index in [1.807, 2.05) is 35.2 Å². The number of carbonyl (C=O) groups excluding carboxylic acids is 1. The van der Waals surface area contributed by atoms with Gasteiger partial charge >= 0.3 is 0 Å². The minimum atomic E-state index is 0.0626. The van der Waals surface area contributed by atoms with Gasteiger partial charge in [-0.25, -0.2) is 4.68 Å². The molecule has 1 aliphatic rings. The normalized spacial score (nSPS) is 15.0. The van der Waals surface area contributed by atoms with Crippen LogP contribution < -0.4 is 0 Å². The summed E-state index contributed by atoms with van der Waals surface area (Å²) < 4.78 is 1.55. The molecule has 7 nitrogen and oxygen atoms in total. The molecule has 1 amide bonds. The lowest BCUT2D eigenvalue weighted by Gasteiger charge is -2.34. The molecule has 1 fully saturated rings. The lowest BCUT2D eigenvalue weighted by Crippen LogP contribution is -2.49. The first-order valence-electron chi connectivity index (χ1n) is 9.18. The predicted octanol–water partition coefficient (Wildman–Crippen LogP) is 1.66. The molecule has 0 atom stereocenters. The molecule has 4 rings (SSSR count). The van der Waals surface area contributed by atoms with E-state index in [0.717, 1.165) is 44.8 Å². The molecule has 0 unspecified atom stereocenters. The van der Waals surface area contributed by atoms with Crippen LogP contribution in [0.2, 0.25) is 0 Å². The molecule has 0 radical (unpaired) electrons. The highest BCUT2D eigenvalue weighted by Gasteiger charge is 2.22. The van der Waals surface area contributed by atoms with Crippen molar-refractivity contribution >= 4 is 5.91 Å². The van der Waals surface area contributed by atoms with Gasteiger partial charge in [-0.15, -0.1) is 5.10 Å². The lowest BCUT2D eigenvalue weighted by atomic mass is 10.1. The minimum absolute atomic E-state index is 0.0626. The molecule has 2 heterocycles.